The van der Waals surface area contributed by atoms with Crippen LogP contribution in [0.25, 0.3) is 0 Å². The lowest BCUT2D eigenvalue weighted by atomic mass is 9.70. The lowest BCUT2D eigenvalue weighted by molar-refractivity contribution is -0.139. The van der Waals surface area contributed by atoms with Gasteiger partial charge < -0.3 is 25.4 Å². The van der Waals surface area contributed by atoms with Crippen LogP contribution in [0.3, 0.4) is 0 Å². The SMILES string of the molecule is CCCC(C)NC(=O)C1N(CCCCCO)C(=O)[C@@H]2[C@H](C(=O)Nc3ccc(OCC)cc3)[C@@H]3CCC12S3. The molecule has 8 nitrogen and oxygen atoms in total. The van der Waals surface area contributed by atoms with Crippen LogP contribution in [0.1, 0.15) is 65.7 Å². The number of fused-ring (bicyclic) bond motifs is 1. The van der Waals surface area contributed by atoms with E-state index in [-0.39, 0.29) is 35.6 Å². The summed E-state index contributed by atoms with van der Waals surface area (Å²) >= 11 is 1.69. The molecule has 204 valence electrons. The number of aliphatic hydroxyl groups excluding tert-OH is 1. The van der Waals surface area contributed by atoms with Gasteiger partial charge in [-0.05, 0) is 76.6 Å². The summed E-state index contributed by atoms with van der Waals surface area (Å²) in [4.78, 5) is 43.0. The quantitative estimate of drug-likeness (QED) is 0.336. The number of anilines is 1. The van der Waals surface area contributed by atoms with E-state index in [4.69, 9.17) is 4.74 Å². The minimum absolute atomic E-state index is 0.0246. The molecule has 3 aliphatic heterocycles. The first-order valence-corrected chi connectivity index (χ1v) is 14.7. The maximum absolute atomic E-state index is 13.9. The van der Waals surface area contributed by atoms with E-state index in [1.54, 1.807) is 16.7 Å². The number of aliphatic hydroxyl groups is 1. The van der Waals surface area contributed by atoms with Crippen molar-refractivity contribution in [3.8, 4) is 5.75 Å². The Morgan fingerprint density at radius 2 is 1.95 bits per heavy atom. The Hall–Kier alpha value is -2.26. The topological polar surface area (TPSA) is 108 Å². The first-order valence-electron chi connectivity index (χ1n) is 13.8. The molecule has 1 aromatic rings. The lowest BCUT2D eigenvalue weighted by Gasteiger charge is -2.35. The van der Waals surface area contributed by atoms with Crippen LogP contribution in [0.5, 0.6) is 5.75 Å². The van der Waals surface area contributed by atoms with Crippen LogP contribution in [0, 0.1) is 11.8 Å². The average Bonchev–Trinajstić information content (AvgIpc) is 3.51. The van der Waals surface area contributed by atoms with Crippen molar-refractivity contribution in [1.29, 1.82) is 0 Å². The number of amides is 3. The van der Waals surface area contributed by atoms with Crippen LogP contribution >= 0.6 is 11.8 Å². The van der Waals surface area contributed by atoms with Crippen molar-refractivity contribution in [3.63, 3.8) is 0 Å². The zero-order chi connectivity index (χ0) is 26.6. The summed E-state index contributed by atoms with van der Waals surface area (Å²) in [5.74, 6) is -0.558. The summed E-state index contributed by atoms with van der Waals surface area (Å²) in [6.45, 7) is 7.17. The number of rotatable bonds is 13. The summed E-state index contributed by atoms with van der Waals surface area (Å²) in [5.41, 5.74) is 0.671. The van der Waals surface area contributed by atoms with Crippen LogP contribution in [0.2, 0.25) is 0 Å². The summed E-state index contributed by atoms with van der Waals surface area (Å²) in [5, 5.41) is 15.4. The Morgan fingerprint density at radius 1 is 1.19 bits per heavy atom. The molecule has 3 N–H and O–H groups in total. The molecule has 3 aliphatic rings. The molecule has 0 radical (unpaired) electrons. The number of carbonyl (C=O) groups is 3. The Bertz CT molecular complexity index is 973. The van der Waals surface area contributed by atoms with Gasteiger partial charge in [0.05, 0.1) is 23.2 Å². The smallest absolute Gasteiger partial charge is 0.244 e. The maximum Gasteiger partial charge on any atom is 0.244 e. The molecule has 3 saturated heterocycles. The molecule has 1 spiro atoms. The van der Waals surface area contributed by atoms with Gasteiger partial charge in [-0.2, -0.15) is 0 Å². The molecule has 3 heterocycles. The molecular weight excluding hydrogens is 490 g/mol. The standard InChI is InChI=1S/C28H41N3O5S/c1-4-9-18(3)29-26(34)24-28-15-14-21(37-28)22(23(28)27(35)31(24)16-7-6-8-17-32)25(33)30-19-10-12-20(13-11-19)36-5-2/h10-13,18,21-24,32H,4-9,14-17H2,1-3H3,(H,29,34)(H,30,33)/t18?,21-,22+,23-,24?,28?/m0/s1. The Balaban J connectivity index is 1.56. The number of hydrogen-bond acceptors (Lipinski definition) is 6. The first-order chi connectivity index (χ1) is 17.9. The summed E-state index contributed by atoms with van der Waals surface area (Å²) in [6, 6.07) is 6.73. The highest BCUT2D eigenvalue weighted by molar-refractivity contribution is 8.02. The zero-order valence-corrected chi connectivity index (χ0v) is 23.0. The van der Waals surface area contributed by atoms with Crippen molar-refractivity contribution in [2.45, 2.75) is 87.8 Å². The number of unbranched alkanes of at least 4 members (excludes halogenated alkanes) is 2. The number of likely N-dealkylation sites (tertiary alicyclic amines) is 1. The van der Waals surface area contributed by atoms with Crippen LogP contribution in [0.4, 0.5) is 5.69 Å². The van der Waals surface area contributed by atoms with Gasteiger partial charge in [0, 0.05) is 30.1 Å². The fourth-order valence-corrected chi connectivity index (χ4v) is 8.64. The third-order valence-electron chi connectivity index (χ3n) is 7.95. The molecule has 6 atom stereocenters. The van der Waals surface area contributed by atoms with Crippen LogP contribution in [-0.4, -0.2) is 69.6 Å². The number of ether oxygens (including phenoxy) is 1. The molecule has 37 heavy (non-hydrogen) atoms. The number of benzene rings is 1. The Morgan fingerprint density at radius 3 is 2.62 bits per heavy atom. The van der Waals surface area contributed by atoms with Gasteiger partial charge in [-0.1, -0.05) is 13.3 Å². The van der Waals surface area contributed by atoms with E-state index < -0.39 is 22.6 Å². The molecule has 2 bridgehead atoms. The predicted molar refractivity (Wildman–Crippen MR) is 146 cm³/mol. The van der Waals surface area contributed by atoms with E-state index in [0.717, 1.165) is 44.3 Å². The molecule has 4 rings (SSSR count). The van der Waals surface area contributed by atoms with E-state index in [1.807, 2.05) is 38.1 Å². The highest BCUT2D eigenvalue weighted by atomic mass is 32.2. The van der Waals surface area contributed by atoms with Crippen molar-refractivity contribution in [2.75, 3.05) is 25.1 Å². The molecule has 3 unspecified atom stereocenters. The Labute approximate surface area is 224 Å². The molecule has 9 heteroatoms. The molecule has 0 saturated carbocycles. The largest absolute Gasteiger partial charge is 0.494 e. The van der Waals surface area contributed by atoms with Crippen molar-refractivity contribution in [1.82, 2.24) is 10.2 Å². The highest BCUT2D eigenvalue weighted by Crippen LogP contribution is 2.66. The number of thioether (sulfide) groups is 1. The van der Waals surface area contributed by atoms with Crippen molar-refractivity contribution in [3.05, 3.63) is 24.3 Å². The molecule has 3 fully saturated rings. The highest BCUT2D eigenvalue weighted by Gasteiger charge is 2.73. The van der Waals surface area contributed by atoms with Gasteiger partial charge in [-0.15, -0.1) is 11.8 Å². The van der Waals surface area contributed by atoms with Crippen molar-refractivity contribution >= 4 is 35.2 Å². The van der Waals surface area contributed by atoms with Gasteiger partial charge >= 0.3 is 0 Å². The van der Waals surface area contributed by atoms with E-state index in [2.05, 4.69) is 17.6 Å². The van der Waals surface area contributed by atoms with Crippen LogP contribution in [-0.2, 0) is 14.4 Å². The number of nitrogens with zero attached hydrogens (tertiary/aromatic N) is 1. The first kappa shape index (κ1) is 27.8. The van der Waals surface area contributed by atoms with Crippen LogP contribution in [0.15, 0.2) is 24.3 Å². The van der Waals surface area contributed by atoms with Crippen molar-refractivity contribution in [2.24, 2.45) is 11.8 Å². The van der Waals surface area contributed by atoms with Gasteiger partial charge in [-0.3, -0.25) is 14.4 Å². The normalized spacial score (nSPS) is 28.8. The average molecular weight is 532 g/mol. The van der Waals surface area contributed by atoms with E-state index >= 15 is 0 Å². The summed E-state index contributed by atoms with van der Waals surface area (Å²) < 4.78 is 4.92. The summed E-state index contributed by atoms with van der Waals surface area (Å²) in [6.07, 6.45) is 5.61. The fraction of sp³-hybridized carbons (Fsp3) is 0.679. The predicted octanol–water partition coefficient (Wildman–Crippen LogP) is 3.58. The third-order valence-corrected chi connectivity index (χ3v) is 9.90. The van der Waals surface area contributed by atoms with E-state index in [9.17, 15) is 19.5 Å². The second-order valence-corrected chi connectivity index (χ2v) is 12.1. The fourth-order valence-electron chi connectivity index (χ4n) is 6.42. The van der Waals surface area contributed by atoms with Crippen molar-refractivity contribution < 1.29 is 24.2 Å². The van der Waals surface area contributed by atoms with E-state index in [0.29, 0.717) is 25.3 Å². The molecular formula is C28H41N3O5S. The minimum Gasteiger partial charge on any atom is -0.494 e. The second-order valence-electron chi connectivity index (χ2n) is 10.5. The summed E-state index contributed by atoms with van der Waals surface area (Å²) in [7, 11) is 0. The minimum atomic E-state index is -0.574. The monoisotopic (exact) mass is 531 g/mol. The second kappa shape index (κ2) is 12.1. The molecule has 0 aromatic heterocycles. The lowest BCUT2D eigenvalue weighted by Crippen LogP contribution is -2.55. The Kier molecular flexibility index (Phi) is 9.06. The third kappa shape index (κ3) is 5.48. The van der Waals surface area contributed by atoms with Gasteiger partial charge in [-0.25, -0.2) is 0 Å². The van der Waals surface area contributed by atoms with Gasteiger partial charge in [0.25, 0.3) is 0 Å². The van der Waals surface area contributed by atoms with Gasteiger partial charge in [0.1, 0.15) is 11.8 Å². The van der Waals surface area contributed by atoms with Gasteiger partial charge in [0.2, 0.25) is 17.7 Å². The zero-order valence-electron chi connectivity index (χ0n) is 22.2. The molecule has 1 aromatic carbocycles. The van der Waals surface area contributed by atoms with Gasteiger partial charge in [0.15, 0.2) is 0 Å². The molecule has 3 amide bonds. The van der Waals surface area contributed by atoms with Crippen LogP contribution < -0.4 is 15.4 Å². The number of carbonyl (C=O) groups excluding carboxylic acids is 3. The molecule has 0 aliphatic carbocycles. The van der Waals surface area contributed by atoms with E-state index in [1.165, 1.54) is 0 Å². The number of hydrogen-bond donors (Lipinski definition) is 3. The number of nitrogens with one attached hydrogen (secondary N) is 2. The maximum atomic E-state index is 13.9.